The number of carbonyl (C=O) groups excluding carboxylic acids is 1. The van der Waals surface area contributed by atoms with Crippen LogP contribution in [0.5, 0.6) is 0 Å². The zero-order chi connectivity index (χ0) is 16.3. The third kappa shape index (κ3) is 5.08. The second kappa shape index (κ2) is 8.88. The van der Waals surface area contributed by atoms with E-state index in [1.807, 2.05) is 6.92 Å². The van der Waals surface area contributed by atoms with Crippen LogP contribution in [0.3, 0.4) is 0 Å². The standard InChI is InChI=1S/C17H30N2O3.ClH/c1-4-5-15(17(21)22)18-11(3)16(20)19-10(2)14-9-12-6-7-13(14)8-12;/h10-15,18H,4-9H2,1-3H3,(H,19,20)(H,21,22);1H. The lowest BCUT2D eigenvalue weighted by atomic mass is 9.84. The zero-order valence-electron chi connectivity index (χ0n) is 14.4. The van der Waals surface area contributed by atoms with E-state index in [1.54, 1.807) is 6.92 Å². The molecule has 6 heteroatoms. The molecule has 2 saturated carbocycles. The molecule has 0 radical (unpaired) electrons. The van der Waals surface area contributed by atoms with Gasteiger partial charge in [0.1, 0.15) is 6.04 Å². The minimum atomic E-state index is -0.886. The number of rotatable bonds is 8. The number of halogens is 1. The van der Waals surface area contributed by atoms with Crippen molar-refractivity contribution in [3.8, 4) is 0 Å². The molecule has 2 aliphatic rings. The summed E-state index contributed by atoms with van der Waals surface area (Å²) in [4.78, 5) is 23.5. The third-order valence-corrected chi connectivity index (χ3v) is 5.52. The molecule has 2 aliphatic carbocycles. The molecule has 2 rings (SSSR count). The number of aliphatic carboxylic acids is 1. The lowest BCUT2D eigenvalue weighted by Crippen LogP contribution is -2.52. The van der Waals surface area contributed by atoms with E-state index in [4.69, 9.17) is 5.11 Å². The minimum Gasteiger partial charge on any atom is -0.480 e. The Balaban J connectivity index is 0.00000264. The fourth-order valence-corrected chi connectivity index (χ4v) is 4.31. The van der Waals surface area contributed by atoms with Crippen molar-refractivity contribution in [3.05, 3.63) is 0 Å². The Hall–Kier alpha value is -0.810. The van der Waals surface area contributed by atoms with Crippen LogP contribution in [0.2, 0.25) is 0 Å². The van der Waals surface area contributed by atoms with E-state index >= 15 is 0 Å². The molecule has 2 fully saturated rings. The van der Waals surface area contributed by atoms with Gasteiger partial charge in [0.05, 0.1) is 6.04 Å². The number of nitrogens with one attached hydrogen (secondary N) is 2. The SMILES string of the molecule is CCCC(NC(C)C(=O)NC(C)C1CC2CCC1C2)C(=O)O.Cl. The van der Waals surface area contributed by atoms with E-state index in [-0.39, 0.29) is 24.4 Å². The van der Waals surface area contributed by atoms with Gasteiger partial charge in [-0.1, -0.05) is 19.8 Å². The fraction of sp³-hybridized carbons (Fsp3) is 0.882. The zero-order valence-corrected chi connectivity index (χ0v) is 15.2. The van der Waals surface area contributed by atoms with Gasteiger partial charge in [-0.2, -0.15) is 0 Å². The van der Waals surface area contributed by atoms with Crippen LogP contribution in [0.25, 0.3) is 0 Å². The van der Waals surface area contributed by atoms with Crippen LogP contribution < -0.4 is 10.6 Å². The first-order valence-electron chi connectivity index (χ1n) is 8.71. The van der Waals surface area contributed by atoms with Gasteiger partial charge in [0, 0.05) is 6.04 Å². The number of hydrogen-bond acceptors (Lipinski definition) is 3. The summed E-state index contributed by atoms with van der Waals surface area (Å²) in [6.07, 6.45) is 6.55. The molecule has 2 bridgehead atoms. The smallest absolute Gasteiger partial charge is 0.320 e. The van der Waals surface area contributed by atoms with E-state index in [1.165, 1.54) is 25.7 Å². The molecule has 0 aromatic heterocycles. The van der Waals surface area contributed by atoms with Crippen LogP contribution in [-0.4, -0.2) is 35.1 Å². The average Bonchev–Trinajstić information content (AvgIpc) is 3.09. The highest BCUT2D eigenvalue weighted by Gasteiger charge is 2.42. The quantitative estimate of drug-likeness (QED) is 0.631. The van der Waals surface area contributed by atoms with Crippen LogP contribution in [0.4, 0.5) is 0 Å². The Bertz CT molecular complexity index is 419. The number of carbonyl (C=O) groups is 2. The Morgan fingerprint density at radius 3 is 2.39 bits per heavy atom. The summed E-state index contributed by atoms with van der Waals surface area (Å²) in [5.74, 6) is 1.27. The van der Waals surface area contributed by atoms with Gasteiger partial charge in [-0.05, 0) is 57.3 Å². The molecule has 0 spiro atoms. The summed E-state index contributed by atoms with van der Waals surface area (Å²) in [6.45, 7) is 5.78. The van der Waals surface area contributed by atoms with Crippen molar-refractivity contribution in [3.63, 3.8) is 0 Å². The highest BCUT2D eigenvalue weighted by atomic mass is 35.5. The predicted octanol–water partition coefficient (Wildman–Crippen LogP) is 2.58. The molecule has 0 saturated heterocycles. The second-order valence-electron chi connectivity index (χ2n) is 7.20. The van der Waals surface area contributed by atoms with E-state index in [0.717, 1.165) is 18.3 Å². The number of carboxylic acids is 1. The van der Waals surface area contributed by atoms with Gasteiger partial charge in [0.25, 0.3) is 0 Å². The van der Waals surface area contributed by atoms with E-state index < -0.39 is 18.1 Å². The highest BCUT2D eigenvalue weighted by molar-refractivity contribution is 5.85. The molecule has 0 aromatic carbocycles. The third-order valence-electron chi connectivity index (χ3n) is 5.52. The maximum absolute atomic E-state index is 12.3. The van der Waals surface area contributed by atoms with Gasteiger partial charge in [0.15, 0.2) is 0 Å². The Labute approximate surface area is 145 Å². The van der Waals surface area contributed by atoms with Crippen molar-refractivity contribution >= 4 is 24.3 Å². The molecular weight excluding hydrogens is 316 g/mol. The molecule has 5 nitrogen and oxygen atoms in total. The van der Waals surface area contributed by atoms with Crippen molar-refractivity contribution in [1.82, 2.24) is 10.6 Å². The van der Waals surface area contributed by atoms with Crippen LogP contribution in [-0.2, 0) is 9.59 Å². The van der Waals surface area contributed by atoms with Crippen LogP contribution in [0, 0.1) is 17.8 Å². The van der Waals surface area contributed by atoms with Gasteiger partial charge in [-0.25, -0.2) is 0 Å². The lowest BCUT2D eigenvalue weighted by molar-refractivity contribution is -0.140. The largest absolute Gasteiger partial charge is 0.480 e. The Morgan fingerprint density at radius 1 is 1.22 bits per heavy atom. The summed E-state index contributed by atoms with van der Waals surface area (Å²) < 4.78 is 0. The first kappa shape index (κ1) is 20.2. The number of fused-ring (bicyclic) bond motifs is 2. The molecule has 0 aromatic rings. The molecule has 0 heterocycles. The van der Waals surface area contributed by atoms with Gasteiger partial charge < -0.3 is 10.4 Å². The monoisotopic (exact) mass is 346 g/mol. The van der Waals surface area contributed by atoms with Gasteiger partial charge in [-0.3, -0.25) is 14.9 Å². The molecule has 134 valence electrons. The summed E-state index contributed by atoms with van der Waals surface area (Å²) in [5.41, 5.74) is 0. The van der Waals surface area contributed by atoms with Crippen molar-refractivity contribution in [1.29, 1.82) is 0 Å². The van der Waals surface area contributed by atoms with Gasteiger partial charge in [0.2, 0.25) is 5.91 Å². The molecule has 0 aliphatic heterocycles. The Kier molecular flexibility index (Phi) is 7.81. The average molecular weight is 347 g/mol. The molecule has 23 heavy (non-hydrogen) atoms. The van der Waals surface area contributed by atoms with Crippen LogP contribution in [0.15, 0.2) is 0 Å². The second-order valence-corrected chi connectivity index (χ2v) is 7.20. The lowest BCUT2D eigenvalue weighted by Gasteiger charge is -2.30. The molecule has 3 N–H and O–H groups in total. The van der Waals surface area contributed by atoms with Crippen molar-refractivity contribution in [2.75, 3.05) is 0 Å². The number of amides is 1. The first-order chi connectivity index (χ1) is 10.4. The molecule has 1 amide bonds. The summed E-state index contributed by atoms with van der Waals surface area (Å²) >= 11 is 0. The highest BCUT2D eigenvalue weighted by Crippen LogP contribution is 2.49. The van der Waals surface area contributed by atoms with Crippen LogP contribution >= 0.6 is 12.4 Å². The summed E-state index contributed by atoms with van der Waals surface area (Å²) in [7, 11) is 0. The van der Waals surface area contributed by atoms with Gasteiger partial charge >= 0.3 is 5.97 Å². The normalized spacial score (nSPS) is 29.4. The van der Waals surface area contributed by atoms with Gasteiger partial charge in [-0.15, -0.1) is 12.4 Å². The predicted molar refractivity (Wildman–Crippen MR) is 92.7 cm³/mol. The molecular formula is C17H31ClN2O3. The molecule has 6 atom stereocenters. The van der Waals surface area contributed by atoms with Crippen molar-refractivity contribution < 1.29 is 14.7 Å². The maximum atomic E-state index is 12.3. The maximum Gasteiger partial charge on any atom is 0.320 e. The topological polar surface area (TPSA) is 78.4 Å². The molecule has 6 unspecified atom stereocenters. The summed E-state index contributed by atoms with van der Waals surface area (Å²) in [6, 6.07) is -0.946. The van der Waals surface area contributed by atoms with E-state index in [0.29, 0.717) is 12.3 Å². The fourth-order valence-electron chi connectivity index (χ4n) is 4.31. The van der Waals surface area contributed by atoms with Crippen molar-refractivity contribution in [2.24, 2.45) is 17.8 Å². The minimum absolute atomic E-state index is 0. The van der Waals surface area contributed by atoms with Crippen molar-refractivity contribution in [2.45, 2.75) is 77.4 Å². The van der Waals surface area contributed by atoms with E-state index in [2.05, 4.69) is 17.6 Å². The Morgan fingerprint density at radius 2 is 1.91 bits per heavy atom. The van der Waals surface area contributed by atoms with Crippen LogP contribution in [0.1, 0.15) is 59.3 Å². The first-order valence-corrected chi connectivity index (χ1v) is 8.71. The summed E-state index contributed by atoms with van der Waals surface area (Å²) in [5, 5.41) is 15.2. The number of carboxylic acid groups (broad SMARTS) is 1. The number of hydrogen-bond donors (Lipinski definition) is 3. The van der Waals surface area contributed by atoms with E-state index in [9.17, 15) is 9.59 Å².